The molecule has 182 valence electrons. The minimum Gasteiger partial charge on any atom is -0.493 e. The number of allylic oxidation sites excluding steroid dienone is 4. The fourth-order valence-corrected chi connectivity index (χ4v) is 5.88. The lowest BCUT2D eigenvalue weighted by atomic mass is 9.73. The van der Waals surface area contributed by atoms with Crippen LogP contribution < -0.4 is 9.47 Å². The Kier molecular flexibility index (Phi) is 6.97. The smallest absolute Gasteiger partial charge is 0.175 e. The van der Waals surface area contributed by atoms with Crippen molar-refractivity contribution in [3.8, 4) is 11.5 Å². The molecule has 0 N–H and O–H groups in total. The molecule has 0 radical (unpaired) electrons. The number of carbonyl (C=O) groups is 2. The molecule has 0 bridgehead atoms. The second-order valence-corrected chi connectivity index (χ2v) is 10.5. The Morgan fingerprint density at radius 3 is 2.20 bits per heavy atom. The monoisotopic (exact) mass is 576 g/mol. The SMILES string of the molecule is COc1cc(C2C3=C(CCCC3=O)OC3=C2C(=O)CCC3)cc(Br)c1OCc1ccc(Cl)c(Cl)c1. The maximum absolute atomic E-state index is 13.1. The lowest BCUT2D eigenvalue weighted by molar-refractivity contribution is -0.117. The molecule has 35 heavy (non-hydrogen) atoms. The zero-order valence-electron chi connectivity index (χ0n) is 19.1. The number of hydrogen-bond donors (Lipinski definition) is 0. The Labute approximate surface area is 222 Å². The number of ether oxygens (including phenoxy) is 3. The third kappa shape index (κ3) is 4.64. The standard InChI is InChI=1S/C27H23BrCl2O5/c1-33-23-12-15(11-16(28)27(23)34-13-14-8-9-17(29)18(30)10-14)24-25-19(31)4-2-6-21(25)35-22-7-3-5-20(32)26(22)24/h8-12,24H,2-7,13H2,1H3. The molecule has 0 aromatic heterocycles. The van der Waals surface area contributed by atoms with Crippen molar-refractivity contribution in [1.29, 1.82) is 0 Å². The van der Waals surface area contributed by atoms with Crippen molar-refractivity contribution in [2.45, 2.75) is 51.0 Å². The third-order valence-electron chi connectivity index (χ3n) is 6.59. The molecular formula is C27H23BrCl2O5. The Bertz CT molecular complexity index is 1250. The van der Waals surface area contributed by atoms with Crippen molar-refractivity contribution in [3.05, 3.63) is 78.6 Å². The summed E-state index contributed by atoms with van der Waals surface area (Å²) in [4.78, 5) is 26.1. The van der Waals surface area contributed by atoms with E-state index in [1.54, 1.807) is 19.2 Å². The van der Waals surface area contributed by atoms with Crippen LogP contribution in [-0.4, -0.2) is 18.7 Å². The highest BCUT2D eigenvalue weighted by molar-refractivity contribution is 9.10. The summed E-state index contributed by atoms with van der Waals surface area (Å²) in [5.41, 5.74) is 2.85. The number of hydrogen-bond acceptors (Lipinski definition) is 5. The van der Waals surface area contributed by atoms with E-state index >= 15 is 0 Å². The number of ketones is 2. The molecule has 8 heteroatoms. The molecule has 1 aliphatic heterocycles. The van der Waals surface area contributed by atoms with Gasteiger partial charge in [-0.25, -0.2) is 0 Å². The first-order valence-electron chi connectivity index (χ1n) is 11.5. The van der Waals surface area contributed by atoms with E-state index in [1.807, 2.05) is 18.2 Å². The Morgan fingerprint density at radius 2 is 1.60 bits per heavy atom. The van der Waals surface area contributed by atoms with Gasteiger partial charge < -0.3 is 14.2 Å². The van der Waals surface area contributed by atoms with Gasteiger partial charge in [-0.3, -0.25) is 9.59 Å². The Balaban J connectivity index is 1.54. The normalized spacial score (nSPS) is 18.3. The number of methoxy groups -OCH3 is 1. The quantitative estimate of drug-likeness (QED) is 0.369. The highest BCUT2D eigenvalue weighted by Crippen LogP contribution is 2.50. The van der Waals surface area contributed by atoms with Gasteiger partial charge in [0.25, 0.3) is 0 Å². The molecule has 0 saturated carbocycles. The van der Waals surface area contributed by atoms with Crippen LogP contribution in [0.5, 0.6) is 11.5 Å². The van der Waals surface area contributed by atoms with Gasteiger partial charge >= 0.3 is 0 Å². The first-order chi connectivity index (χ1) is 16.9. The van der Waals surface area contributed by atoms with E-state index in [4.69, 9.17) is 37.4 Å². The Morgan fingerprint density at radius 1 is 0.943 bits per heavy atom. The van der Waals surface area contributed by atoms with Crippen LogP contribution in [0.4, 0.5) is 0 Å². The van der Waals surface area contributed by atoms with E-state index in [2.05, 4.69) is 15.9 Å². The van der Waals surface area contributed by atoms with Gasteiger partial charge in [0, 0.05) is 42.7 Å². The molecule has 2 aromatic carbocycles. The van der Waals surface area contributed by atoms with Gasteiger partial charge in [0.1, 0.15) is 18.1 Å². The Hall–Kier alpha value is -2.28. The minimum absolute atomic E-state index is 0.0382. The number of rotatable bonds is 5. The van der Waals surface area contributed by atoms with Crippen LogP contribution in [0.3, 0.4) is 0 Å². The summed E-state index contributed by atoms with van der Waals surface area (Å²) in [7, 11) is 1.56. The van der Waals surface area contributed by atoms with Gasteiger partial charge in [-0.05, 0) is 64.2 Å². The highest BCUT2D eigenvalue weighted by Gasteiger charge is 2.42. The number of halogens is 3. The van der Waals surface area contributed by atoms with Crippen LogP contribution in [0.25, 0.3) is 0 Å². The first-order valence-corrected chi connectivity index (χ1v) is 13.1. The molecule has 0 atom stereocenters. The maximum Gasteiger partial charge on any atom is 0.175 e. The number of carbonyl (C=O) groups excluding carboxylic acids is 2. The molecule has 0 spiro atoms. The molecule has 0 unspecified atom stereocenters. The zero-order valence-corrected chi connectivity index (χ0v) is 22.2. The van der Waals surface area contributed by atoms with Gasteiger partial charge in [-0.2, -0.15) is 0 Å². The van der Waals surface area contributed by atoms with Gasteiger partial charge in [0.2, 0.25) is 0 Å². The van der Waals surface area contributed by atoms with Crippen molar-refractivity contribution in [3.63, 3.8) is 0 Å². The zero-order chi connectivity index (χ0) is 24.7. The van der Waals surface area contributed by atoms with Crippen LogP contribution >= 0.6 is 39.1 Å². The average molecular weight is 578 g/mol. The second kappa shape index (κ2) is 10.00. The molecule has 2 aliphatic carbocycles. The molecule has 0 amide bonds. The lowest BCUT2D eigenvalue weighted by Gasteiger charge is -2.36. The summed E-state index contributed by atoms with van der Waals surface area (Å²) in [6, 6.07) is 9.08. The number of Topliss-reactive ketones (excluding diaryl/α,β-unsaturated/α-hetero) is 2. The summed E-state index contributed by atoms with van der Waals surface area (Å²) >= 11 is 15.8. The topological polar surface area (TPSA) is 61.8 Å². The first kappa shape index (κ1) is 24.4. The van der Waals surface area contributed by atoms with E-state index in [-0.39, 0.29) is 18.2 Å². The van der Waals surface area contributed by atoms with Crippen LogP contribution in [-0.2, 0) is 20.9 Å². The van der Waals surface area contributed by atoms with E-state index in [0.717, 1.165) is 24.0 Å². The summed E-state index contributed by atoms with van der Waals surface area (Å²) in [5, 5.41) is 0.933. The van der Waals surface area contributed by atoms with Crippen LogP contribution in [0, 0.1) is 0 Å². The van der Waals surface area contributed by atoms with E-state index in [0.29, 0.717) is 74.4 Å². The van der Waals surface area contributed by atoms with Crippen molar-refractivity contribution in [1.82, 2.24) is 0 Å². The van der Waals surface area contributed by atoms with Crippen molar-refractivity contribution in [2.24, 2.45) is 0 Å². The largest absolute Gasteiger partial charge is 0.493 e. The molecule has 3 aliphatic rings. The second-order valence-electron chi connectivity index (χ2n) is 8.83. The van der Waals surface area contributed by atoms with Gasteiger partial charge in [0.05, 0.1) is 21.6 Å². The third-order valence-corrected chi connectivity index (χ3v) is 7.92. The molecule has 1 heterocycles. The fraction of sp³-hybridized carbons (Fsp3) is 0.333. The van der Waals surface area contributed by atoms with Gasteiger partial charge in [-0.1, -0.05) is 29.3 Å². The summed E-state index contributed by atoms with van der Waals surface area (Å²) in [5.74, 6) is 2.03. The van der Waals surface area contributed by atoms with E-state index in [1.165, 1.54) is 0 Å². The van der Waals surface area contributed by atoms with E-state index in [9.17, 15) is 9.59 Å². The van der Waals surface area contributed by atoms with Crippen LogP contribution in [0.15, 0.2) is 57.5 Å². The van der Waals surface area contributed by atoms with Crippen LogP contribution in [0.2, 0.25) is 10.0 Å². The molecule has 5 rings (SSSR count). The maximum atomic E-state index is 13.1. The predicted molar refractivity (Wildman–Crippen MR) is 137 cm³/mol. The minimum atomic E-state index is -0.469. The molecular weight excluding hydrogens is 555 g/mol. The molecule has 0 saturated heterocycles. The predicted octanol–water partition coefficient (Wildman–Crippen LogP) is 7.47. The van der Waals surface area contributed by atoms with Crippen LogP contribution in [0.1, 0.15) is 55.6 Å². The molecule has 0 fully saturated rings. The fourth-order valence-electron chi connectivity index (χ4n) is 4.98. The molecule has 5 nitrogen and oxygen atoms in total. The van der Waals surface area contributed by atoms with Crippen molar-refractivity contribution in [2.75, 3.05) is 7.11 Å². The summed E-state index contributed by atoms with van der Waals surface area (Å²) < 4.78 is 18.6. The van der Waals surface area contributed by atoms with Crippen molar-refractivity contribution < 1.29 is 23.8 Å². The van der Waals surface area contributed by atoms with Gasteiger partial charge in [0.15, 0.2) is 23.1 Å². The lowest BCUT2D eigenvalue weighted by Crippen LogP contribution is -2.30. The highest BCUT2D eigenvalue weighted by atomic mass is 79.9. The van der Waals surface area contributed by atoms with Gasteiger partial charge in [-0.15, -0.1) is 0 Å². The number of benzene rings is 2. The average Bonchev–Trinajstić information content (AvgIpc) is 2.84. The van der Waals surface area contributed by atoms with Crippen molar-refractivity contribution >= 4 is 50.7 Å². The van der Waals surface area contributed by atoms with E-state index < -0.39 is 5.92 Å². The summed E-state index contributed by atoms with van der Waals surface area (Å²) in [6.07, 6.45) is 3.83. The summed E-state index contributed by atoms with van der Waals surface area (Å²) in [6.45, 7) is 0.254. The molecule has 2 aromatic rings.